The first-order valence-electron chi connectivity index (χ1n) is 10.4. The van der Waals surface area contributed by atoms with Crippen LogP contribution >= 0.6 is 27.5 Å². The number of halogens is 6. The number of nitrogens with zero attached hydrogens (tertiary/aromatic N) is 1. The number of aromatic nitrogens is 1. The molecule has 3 aromatic carbocycles. The molecule has 0 unspecified atom stereocenters. The molecule has 0 bridgehead atoms. The Morgan fingerprint density at radius 3 is 2.47 bits per heavy atom. The van der Waals surface area contributed by atoms with Crippen molar-refractivity contribution in [3.8, 4) is 22.7 Å². The molecule has 1 N–H and O–H groups in total. The highest BCUT2D eigenvalue weighted by atomic mass is 79.9. The molecule has 0 aliphatic heterocycles. The molecule has 0 atom stereocenters. The van der Waals surface area contributed by atoms with Gasteiger partial charge in [0.05, 0.1) is 16.8 Å². The second kappa shape index (κ2) is 9.99. The van der Waals surface area contributed by atoms with E-state index in [9.17, 15) is 27.5 Å². The minimum absolute atomic E-state index is 0.00426. The number of alkyl halides is 3. The van der Waals surface area contributed by atoms with Crippen LogP contribution in [0.25, 0.3) is 16.9 Å². The van der Waals surface area contributed by atoms with Crippen LogP contribution in [0.4, 0.5) is 17.6 Å². The quantitative estimate of drug-likeness (QED) is 0.233. The Balaban J connectivity index is 1.82. The van der Waals surface area contributed by atoms with E-state index in [1.165, 1.54) is 10.6 Å². The first kappa shape index (κ1) is 25.8. The lowest BCUT2D eigenvalue weighted by molar-refractivity contribution is -0.137. The molecule has 0 saturated carbocycles. The van der Waals surface area contributed by atoms with Gasteiger partial charge in [-0.05, 0) is 67.6 Å². The van der Waals surface area contributed by atoms with Gasteiger partial charge in [-0.1, -0.05) is 33.6 Å². The van der Waals surface area contributed by atoms with Crippen LogP contribution < -0.4 is 4.74 Å². The Morgan fingerprint density at radius 2 is 1.81 bits per heavy atom. The summed E-state index contributed by atoms with van der Waals surface area (Å²) in [5.74, 6) is -1.65. The lowest BCUT2D eigenvalue weighted by atomic mass is 10.1. The van der Waals surface area contributed by atoms with Crippen molar-refractivity contribution in [1.82, 2.24) is 4.57 Å². The van der Waals surface area contributed by atoms with Crippen molar-refractivity contribution in [3.05, 3.63) is 104 Å². The van der Waals surface area contributed by atoms with E-state index in [1.807, 2.05) is 0 Å². The minimum atomic E-state index is -4.75. The number of hydrogen-bond donors (Lipinski definition) is 1. The maximum absolute atomic E-state index is 14.3. The van der Waals surface area contributed by atoms with Crippen LogP contribution in [0.5, 0.6) is 5.75 Å². The van der Waals surface area contributed by atoms with Crippen molar-refractivity contribution in [2.75, 3.05) is 0 Å². The number of aryl methyl sites for hydroxylation is 1. The molecular formula is C26H17BrClF4NO3. The largest absolute Gasteiger partial charge is 0.488 e. The van der Waals surface area contributed by atoms with E-state index < -0.39 is 29.1 Å². The predicted molar refractivity (Wildman–Crippen MR) is 131 cm³/mol. The van der Waals surface area contributed by atoms with Gasteiger partial charge < -0.3 is 14.4 Å². The van der Waals surface area contributed by atoms with Crippen molar-refractivity contribution in [2.24, 2.45) is 0 Å². The van der Waals surface area contributed by atoms with Gasteiger partial charge in [-0.25, -0.2) is 9.18 Å². The third kappa shape index (κ3) is 5.42. The zero-order valence-corrected chi connectivity index (χ0v) is 20.9. The van der Waals surface area contributed by atoms with Crippen molar-refractivity contribution >= 4 is 33.5 Å². The van der Waals surface area contributed by atoms with E-state index in [1.54, 1.807) is 49.4 Å². The van der Waals surface area contributed by atoms with Crippen molar-refractivity contribution in [1.29, 1.82) is 0 Å². The number of ether oxygens (including phenoxy) is 1. The van der Waals surface area contributed by atoms with E-state index in [4.69, 9.17) is 16.3 Å². The number of carboxylic acid groups (broad SMARTS) is 1. The second-order valence-electron chi connectivity index (χ2n) is 7.93. The van der Waals surface area contributed by atoms with Gasteiger partial charge in [0.2, 0.25) is 0 Å². The third-order valence-electron chi connectivity index (χ3n) is 5.44. The van der Waals surface area contributed by atoms with E-state index in [0.29, 0.717) is 43.8 Å². The molecule has 4 nitrogen and oxygen atoms in total. The van der Waals surface area contributed by atoms with Gasteiger partial charge in [0.15, 0.2) is 0 Å². The molecule has 4 aromatic rings. The van der Waals surface area contributed by atoms with Crippen LogP contribution in [0.15, 0.2) is 71.2 Å². The summed E-state index contributed by atoms with van der Waals surface area (Å²) in [5, 5.41) is 9.74. The van der Waals surface area contributed by atoms with Gasteiger partial charge in [0, 0.05) is 32.0 Å². The van der Waals surface area contributed by atoms with Crippen LogP contribution in [0, 0.1) is 12.7 Å². The van der Waals surface area contributed by atoms with Crippen molar-refractivity contribution in [2.45, 2.75) is 19.7 Å². The number of carbonyl (C=O) groups is 1. The maximum atomic E-state index is 14.3. The molecule has 0 fully saturated rings. The maximum Gasteiger partial charge on any atom is 0.416 e. The summed E-state index contributed by atoms with van der Waals surface area (Å²) in [6, 6.07) is 15.2. The second-order valence-corrected chi connectivity index (χ2v) is 9.28. The summed E-state index contributed by atoms with van der Waals surface area (Å²) < 4.78 is 62.9. The number of aromatic carboxylic acids is 1. The molecule has 0 saturated heterocycles. The molecule has 1 aromatic heterocycles. The molecule has 0 aliphatic carbocycles. The summed E-state index contributed by atoms with van der Waals surface area (Å²) >= 11 is 9.43. The molecule has 1 heterocycles. The standard InChI is InChI=1S/C26H17BrClF4NO3/c1-14-2-6-23(33(14)20-9-16(25(34)35)8-17(10-20)26(30,31)32)21-12-19(28)5-7-24(21)36-13-15-3-4-18(27)11-22(15)29/h2-12H,13H2,1H3,(H,34,35). The van der Waals surface area contributed by atoms with Crippen molar-refractivity contribution < 1.29 is 32.2 Å². The number of rotatable bonds is 6. The Kier molecular flexibility index (Phi) is 7.15. The molecule has 0 spiro atoms. The summed E-state index contributed by atoms with van der Waals surface area (Å²) in [6.07, 6.45) is -4.75. The fourth-order valence-electron chi connectivity index (χ4n) is 3.74. The van der Waals surface area contributed by atoms with Gasteiger partial charge in [0.1, 0.15) is 18.2 Å². The SMILES string of the molecule is Cc1ccc(-c2cc(Cl)ccc2OCc2ccc(Br)cc2F)n1-c1cc(C(=O)O)cc(C(F)(F)F)c1. The fourth-order valence-corrected chi connectivity index (χ4v) is 4.25. The number of benzene rings is 3. The smallest absolute Gasteiger partial charge is 0.416 e. The highest BCUT2D eigenvalue weighted by Gasteiger charge is 2.32. The predicted octanol–water partition coefficient (Wildman–Crippen LogP) is 8.30. The minimum Gasteiger partial charge on any atom is -0.488 e. The average Bonchev–Trinajstić information content (AvgIpc) is 3.19. The zero-order chi connectivity index (χ0) is 26.2. The summed E-state index contributed by atoms with van der Waals surface area (Å²) in [7, 11) is 0. The Labute approximate surface area is 216 Å². The number of hydrogen-bond acceptors (Lipinski definition) is 2. The molecule has 4 rings (SSSR count). The van der Waals surface area contributed by atoms with Gasteiger partial charge in [-0.3, -0.25) is 0 Å². The highest BCUT2D eigenvalue weighted by molar-refractivity contribution is 9.10. The molecule has 186 valence electrons. The zero-order valence-electron chi connectivity index (χ0n) is 18.5. The Morgan fingerprint density at radius 1 is 1.06 bits per heavy atom. The number of carboxylic acids is 1. The molecule has 0 radical (unpaired) electrons. The molecule has 0 amide bonds. The van der Waals surface area contributed by atoms with Crippen molar-refractivity contribution in [3.63, 3.8) is 0 Å². The lowest BCUT2D eigenvalue weighted by Gasteiger charge is -2.18. The monoisotopic (exact) mass is 581 g/mol. The fraction of sp³-hybridized carbons (Fsp3) is 0.115. The van der Waals surface area contributed by atoms with E-state index in [0.717, 1.165) is 12.1 Å². The van der Waals surface area contributed by atoms with Gasteiger partial charge in [0.25, 0.3) is 0 Å². The topological polar surface area (TPSA) is 51.5 Å². The van der Waals surface area contributed by atoms with Crippen LogP contribution in [-0.2, 0) is 12.8 Å². The van der Waals surface area contributed by atoms with Crippen LogP contribution in [0.1, 0.15) is 27.2 Å². The van der Waals surface area contributed by atoms with Gasteiger partial charge in [-0.2, -0.15) is 13.2 Å². The summed E-state index contributed by atoms with van der Waals surface area (Å²) in [5.41, 5.74) is 0.0982. The molecule has 10 heteroatoms. The summed E-state index contributed by atoms with van der Waals surface area (Å²) in [4.78, 5) is 11.6. The lowest BCUT2D eigenvalue weighted by Crippen LogP contribution is -2.10. The van der Waals surface area contributed by atoms with E-state index in [-0.39, 0.29) is 12.3 Å². The van der Waals surface area contributed by atoms with E-state index in [2.05, 4.69) is 15.9 Å². The Hall–Kier alpha value is -3.30. The van der Waals surface area contributed by atoms with Crippen LogP contribution in [0.3, 0.4) is 0 Å². The van der Waals surface area contributed by atoms with Gasteiger partial charge >= 0.3 is 12.1 Å². The normalized spacial score (nSPS) is 11.5. The van der Waals surface area contributed by atoms with E-state index >= 15 is 0 Å². The van der Waals surface area contributed by atoms with Crippen LogP contribution in [-0.4, -0.2) is 15.6 Å². The molecule has 0 aliphatic rings. The Bertz CT molecular complexity index is 1470. The summed E-state index contributed by atoms with van der Waals surface area (Å²) in [6.45, 7) is 1.56. The molecular weight excluding hydrogens is 566 g/mol. The van der Waals surface area contributed by atoms with Crippen LogP contribution in [0.2, 0.25) is 5.02 Å². The first-order chi connectivity index (χ1) is 16.9. The average molecular weight is 583 g/mol. The van der Waals surface area contributed by atoms with Gasteiger partial charge in [-0.15, -0.1) is 0 Å². The first-order valence-corrected chi connectivity index (χ1v) is 11.6. The highest BCUT2D eigenvalue weighted by Crippen LogP contribution is 2.38. The third-order valence-corrected chi connectivity index (χ3v) is 6.17. The molecule has 36 heavy (non-hydrogen) atoms.